The van der Waals surface area contributed by atoms with E-state index in [1.807, 2.05) is 27.8 Å². The minimum atomic E-state index is -0.109. The predicted octanol–water partition coefficient (Wildman–Crippen LogP) is 3.41. The highest BCUT2D eigenvalue weighted by Crippen LogP contribution is 2.27. The van der Waals surface area contributed by atoms with Gasteiger partial charge in [-0.3, -0.25) is 14.3 Å². The van der Waals surface area contributed by atoms with E-state index in [1.54, 1.807) is 19.0 Å². The molecular formula is C24H30N4O2. The summed E-state index contributed by atoms with van der Waals surface area (Å²) in [7, 11) is 3.48. The maximum atomic E-state index is 13.0. The standard InChI is InChI=1S/C24H30N4O2/c1-26(2)24(30)23-20-17-27(22(29)15-18-9-5-3-6-10-18)14-13-21(20)28(25-23)16-19-11-7-4-8-12-19/h4,7-9,11-12H,3,5-6,10,13-17H2,1-2H3. The Kier molecular flexibility index (Phi) is 6.02. The topological polar surface area (TPSA) is 58.4 Å². The van der Waals surface area contributed by atoms with Crippen molar-refractivity contribution in [2.24, 2.45) is 0 Å². The van der Waals surface area contributed by atoms with Gasteiger partial charge in [-0.1, -0.05) is 42.0 Å². The van der Waals surface area contributed by atoms with E-state index >= 15 is 0 Å². The van der Waals surface area contributed by atoms with Gasteiger partial charge in [0.2, 0.25) is 5.91 Å². The quantitative estimate of drug-likeness (QED) is 0.715. The summed E-state index contributed by atoms with van der Waals surface area (Å²) >= 11 is 0. The molecule has 0 saturated heterocycles. The van der Waals surface area contributed by atoms with Gasteiger partial charge in [0.15, 0.2) is 5.69 Å². The zero-order valence-corrected chi connectivity index (χ0v) is 17.9. The molecule has 1 aromatic heterocycles. The number of benzene rings is 1. The molecule has 1 aliphatic carbocycles. The first kappa shape index (κ1) is 20.4. The molecule has 6 nitrogen and oxygen atoms in total. The van der Waals surface area contributed by atoms with Gasteiger partial charge in [0.1, 0.15) is 0 Å². The maximum Gasteiger partial charge on any atom is 0.274 e. The molecule has 0 fully saturated rings. The lowest BCUT2D eigenvalue weighted by Gasteiger charge is -2.29. The first-order chi connectivity index (χ1) is 14.5. The highest BCUT2D eigenvalue weighted by molar-refractivity contribution is 5.94. The Balaban J connectivity index is 1.58. The summed E-state index contributed by atoms with van der Waals surface area (Å²) in [4.78, 5) is 29.2. The fraction of sp³-hybridized carbons (Fsp3) is 0.458. The Labute approximate surface area is 178 Å². The van der Waals surface area contributed by atoms with Gasteiger partial charge in [-0.15, -0.1) is 0 Å². The second-order valence-corrected chi connectivity index (χ2v) is 8.47. The van der Waals surface area contributed by atoms with Crippen LogP contribution in [-0.4, -0.2) is 52.0 Å². The van der Waals surface area contributed by atoms with E-state index < -0.39 is 0 Å². The molecule has 0 atom stereocenters. The first-order valence-corrected chi connectivity index (χ1v) is 10.8. The lowest BCUT2D eigenvalue weighted by atomic mass is 9.96. The van der Waals surface area contributed by atoms with Gasteiger partial charge in [0.25, 0.3) is 5.91 Å². The summed E-state index contributed by atoms with van der Waals surface area (Å²) in [5.41, 5.74) is 4.86. The van der Waals surface area contributed by atoms with Crippen LogP contribution in [0.3, 0.4) is 0 Å². The molecular weight excluding hydrogens is 376 g/mol. The van der Waals surface area contributed by atoms with Crippen LogP contribution in [0.25, 0.3) is 0 Å². The van der Waals surface area contributed by atoms with Gasteiger partial charge in [0, 0.05) is 51.3 Å². The number of hydrogen-bond acceptors (Lipinski definition) is 3. The fourth-order valence-corrected chi connectivity index (χ4v) is 4.35. The average molecular weight is 407 g/mol. The van der Waals surface area contributed by atoms with Crippen molar-refractivity contribution in [3.8, 4) is 0 Å². The highest BCUT2D eigenvalue weighted by atomic mass is 16.2. The van der Waals surface area contributed by atoms with Gasteiger partial charge in [-0.05, 0) is 31.2 Å². The van der Waals surface area contributed by atoms with Crippen molar-refractivity contribution in [2.45, 2.75) is 51.6 Å². The number of rotatable bonds is 5. The van der Waals surface area contributed by atoms with E-state index in [1.165, 1.54) is 18.4 Å². The van der Waals surface area contributed by atoms with Crippen molar-refractivity contribution in [3.63, 3.8) is 0 Å². The number of aromatic nitrogens is 2. The third-order valence-corrected chi connectivity index (χ3v) is 6.03. The zero-order chi connectivity index (χ0) is 21.1. The number of nitrogens with zero attached hydrogens (tertiary/aromatic N) is 4. The molecule has 0 radical (unpaired) electrons. The molecule has 0 saturated carbocycles. The minimum absolute atomic E-state index is 0.109. The lowest BCUT2D eigenvalue weighted by Crippen LogP contribution is -2.37. The summed E-state index contributed by atoms with van der Waals surface area (Å²) in [6, 6.07) is 10.2. The van der Waals surface area contributed by atoms with Crippen molar-refractivity contribution < 1.29 is 9.59 Å². The minimum Gasteiger partial charge on any atom is -0.343 e. The van der Waals surface area contributed by atoms with Crippen molar-refractivity contribution >= 4 is 11.8 Å². The van der Waals surface area contributed by atoms with Gasteiger partial charge in [-0.2, -0.15) is 5.10 Å². The van der Waals surface area contributed by atoms with E-state index in [4.69, 9.17) is 5.10 Å². The molecule has 0 spiro atoms. The molecule has 2 aromatic rings. The second-order valence-electron chi connectivity index (χ2n) is 8.47. The molecule has 30 heavy (non-hydrogen) atoms. The van der Waals surface area contributed by atoms with E-state index in [0.717, 1.165) is 36.1 Å². The number of fused-ring (bicyclic) bond motifs is 1. The van der Waals surface area contributed by atoms with Crippen molar-refractivity contribution in [1.29, 1.82) is 0 Å². The van der Waals surface area contributed by atoms with Crippen LogP contribution >= 0.6 is 0 Å². The molecule has 1 aromatic carbocycles. The normalized spacial score (nSPS) is 16.1. The Morgan fingerprint density at radius 1 is 1.10 bits per heavy atom. The number of amides is 2. The summed E-state index contributed by atoms with van der Waals surface area (Å²) in [6.45, 7) is 1.77. The molecule has 0 N–H and O–H groups in total. The number of carbonyl (C=O) groups is 2. The molecule has 0 unspecified atom stereocenters. The summed E-state index contributed by atoms with van der Waals surface area (Å²) < 4.78 is 1.95. The van der Waals surface area contributed by atoms with Gasteiger partial charge < -0.3 is 9.80 Å². The van der Waals surface area contributed by atoms with Crippen LogP contribution in [0.2, 0.25) is 0 Å². The Bertz CT molecular complexity index is 959. The van der Waals surface area contributed by atoms with E-state index in [2.05, 4.69) is 18.2 Å². The van der Waals surface area contributed by atoms with Crippen LogP contribution in [0, 0.1) is 0 Å². The molecule has 158 valence electrons. The highest BCUT2D eigenvalue weighted by Gasteiger charge is 2.30. The third kappa shape index (κ3) is 4.32. The maximum absolute atomic E-state index is 13.0. The Morgan fingerprint density at radius 2 is 1.90 bits per heavy atom. The molecule has 2 heterocycles. The number of allylic oxidation sites excluding steroid dienone is 1. The van der Waals surface area contributed by atoms with Crippen LogP contribution in [-0.2, 0) is 24.3 Å². The van der Waals surface area contributed by atoms with Crippen LogP contribution in [0.4, 0.5) is 0 Å². The largest absolute Gasteiger partial charge is 0.343 e. The number of carbonyl (C=O) groups excluding carboxylic acids is 2. The molecule has 1 aliphatic heterocycles. The summed E-state index contributed by atoms with van der Waals surface area (Å²) in [5.74, 6) is 0.0511. The van der Waals surface area contributed by atoms with Crippen LogP contribution in [0.15, 0.2) is 42.0 Å². The van der Waals surface area contributed by atoms with Crippen molar-refractivity contribution in [2.75, 3.05) is 20.6 Å². The lowest BCUT2D eigenvalue weighted by molar-refractivity contribution is -0.131. The summed E-state index contributed by atoms with van der Waals surface area (Å²) in [5, 5.41) is 4.69. The van der Waals surface area contributed by atoms with Gasteiger partial charge >= 0.3 is 0 Å². The Morgan fingerprint density at radius 3 is 2.60 bits per heavy atom. The Hall–Kier alpha value is -2.89. The van der Waals surface area contributed by atoms with Crippen molar-refractivity contribution in [3.05, 3.63) is 64.5 Å². The monoisotopic (exact) mass is 406 g/mol. The van der Waals surface area contributed by atoms with Crippen LogP contribution < -0.4 is 0 Å². The number of hydrogen-bond donors (Lipinski definition) is 0. The van der Waals surface area contributed by atoms with Gasteiger partial charge in [-0.25, -0.2) is 0 Å². The zero-order valence-electron chi connectivity index (χ0n) is 17.9. The molecule has 0 bridgehead atoms. The fourth-order valence-electron chi connectivity index (χ4n) is 4.35. The smallest absolute Gasteiger partial charge is 0.274 e. The van der Waals surface area contributed by atoms with Crippen LogP contribution in [0.5, 0.6) is 0 Å². The molecule has 2 amide bonds. The SMILES string of the molecule is CN(C)C(=O)c1nn(Cc2ccccc2)c2c1CN(C(=O)CC1=CCCCC1)CC2. The van der Waals surface area contributed by atoms with Crippen LogP contribution in [0.1, 0.15) is 59.4 Å². The van der Waals surface area contributed by atoms with Gasteiger partial charge in [0.05, 0.1) is 6.54 Å². The molecule has 6 heteroatoms. The van der Waals surface area contributed by atoms with Crippen molar-refractivity contribution in [1.82, 2.24) is 19.6 Å². The van der Waals surface area contributed by atoms with E-state index in [9.17, 15) is 9.59 Å². The summed E-state index contributed by atoms with van der Waals surface area (Å²) in [6.07, 6.45) is 7.98. The average Bonchev–Trinajstić information content (AvgIpc) is 3.12. The van der Waals surface area contributed by atoms with E-state index in [0.29, 0.717) is 31.7 Å². The third-order valence-electron chi connectivity index (χ3n) is 6.03. The molecule has 2 aliphatic rings. The van der Waals surface area contributed by atoms with E-state index in [-0.39, 0.29) is 11.8 Å². The first-order valence-electron chi connectivity index (χ1n) is 10.8. The molecule has 4 rings (SSSR count). The second kappa shape index (κ2) is 8.86. The predicted molar refractivity (Wildman–Crippen MR) is 116 cm³/mol.